The van der Waals surface area contributed by atoms with Crippen LogP contribution in [0.4, 0.5) is 5.69 Å². The molecule has 0 unspecified atom stereocenters. The van der Waals surface area contributed by atoms with Gasteiger partial charge in [-0.3, -0.25) is 13.9 Å². The molecule has 10 heteroatoms. The number of amides is 2. The number of carbonyl (C=O) groups excluding carboxylic acids is 2. The van der Waals surface area contributed by atoms with Gasteiger partial charge in [0.25, 0.3) is 10.0 Å². The first-order chi connectivity index (χ1) is 18.3. The molecule has 2 amide bonds. The second-order valence-electron chi connectivity index (χ2n) is 9.76. The molecule has 0 bridgehead atoms. The zero-order valence-electron chi connectivity index (χ0n) is 22.6. The molecule has 0 fully saturated rings. The van der Waals surface area contributed by atoms with Gasteiger partial charge in [0, 0.05) is 22.6 Å². The van der Waals surface area contributed by atoms with Gasteiger partial charge in [0.15, 0.2) is 0 Å². The highest BCUT2D eigenvalue weighted by molar-refractivity contribution is 7.92. The lowest BCUT2D eigenvalue weighted by Crippen LogP contribution is -2.52. The molecule has 1 atom stereocenters. The number of hydrogen-bond donors (Lipinski definition) is 1. The molecule has 3 aromatic carbocycles. The molecule has 39 heavy (non-hydrogen) atoms. The molecule has 0 aliphatic carbocycles. The quantitative estimate of drug-likeness (QED) is 0.326. The van der Waals surface area contributed by atoms with Gasteiger partial charge < -0.3 is 10.2 Å². The third-order valence-electron chi connectivity index (χ3n) is 6.16. The number of benzene rings is 3. The number of nitrogens with zero attached hydrogens (tertiary/aromatic N) is 2. The van der Waals surface area contributed by atoms with E-state index in [2.05, 4.69) is 5.32 Å². The summed E-state index contributed by atoms with van der Waals surface area (Å²) < 4.78 is 28.7. The number of anilines is 1. The van der Waals surface area contributed by atoms with Crippen LogP contribution in [0.25, 0.3) is 0 Å². The Bertz CT molecular complexity index is 1430. The van der Waals surface area contributed by atoms with Gasteiger partial charge in [0.05, 0.1) is 10.6 Å². The summed E-state index contributed by atoms with van der Waals surface area (Å²) in [4.78, 5) is 28.3. The van der Waals surface area contributed by atoms with Crippen LogP contribution in [0.5, 0.6) is 0 Å². The van der Waals surface area contributed by atoms with E-state index in [1.165, 1.54) is 17.0 Å². The van der Waals surface area contributed by atoms with Crippen molar-refractivity contribution in [1.29, 1.82) is 0 Å². The van der Waals surface area contributed by atoms with Crippen LogP contribution < -0.4 is 9.62 Å². The van der Waals surface area contributed by atoms with Crippen molar-refractivity contribution in [2.24, 2.45) is 0 Å². The molecule has 3 aromatic rings. The molecule has 7 nitrogen and oxygen atoms in total. The molecular formula is C29H33Cl2N3O4S. The van der Waals surface area contributed by atoms with Crippen LogP contribution >= 0.6 is 23.2 Å². The summed E-state index contributed by atoms with van der Waals surface area (Å²) in [6, 6.07) is 17.1. The van der Waals surface area contributed by atoms with Crippen molar-refractivity contribution in [3.63, 3.8) is 0 Å². The summed E-state index contributed by atoms with van der Waals surface area (Å²) in [6.07, 6.45) is 0. The highest BCUT2D eigenvalue weighted by atomic mass is 35.5. The maximum Gasteiger partial charge on any atom is 0.264 e. The van der Waals surface area contributed by atoms with Crippen molar-refractivity contribution in [2.75, 3.05) is 10.8 Å². The SMILES string of the molecule is Cc1ccc(N(CC(=O)N(Cc2ccc(Cl)cc2Cl)[C@@H](C)C(=O)NC(C)C)S(=O)(=O)c2ccc(C)cc2)cc1. The van der Waals surface area contributed by atoms with E-state index >= 15 is 0 Å². The maximum atomic E-state index is 13.9. The second-order valence-corrected chi connectivity index (χ2v) is 12.5. The van der Waals surface area contributed by atoms with Gasteiger partial charge >= 0.3 is 0 Å². The van der Waals surface area contributed by atoms with Gasteiger partial charge in [-0.1, -0.05) is 64.7 Å². The number of carbonyl (C=O) groups is 2. The number of aryl methyl sites for hydroxylation is 2. The largest absolute Gasteiger partial charge is 0.352 e. The van der Waals surface area contributed by atoms with Crippen LogP contribution in [0.2, 0.25) is 10.0 Å². The minimum absolute atomic E-state index is 0.0200. The van der Waals surface area contributed by atoms with E-state index in [0.717, 1.165) is 15.4 Å². The lowest BCUT2D eigenvalue weighted by molar-refractivity contribution is -0.139. The maximum absolute atomic E-state index is 13.9. The summed E-state index contributed by atoms with van der Waals surface area (Å²) in [6.45, 7) is 8.45. The Balaban J connectivity index is 2.04. The van der Waals surface area contributed by atoms with Crippen molar-refractivity contribution in [3.8, 4) is 0 Å². The van der Waals surface area contributed by atoms with E-state index in [1.807, 2.05) is 27.7 Å². The van der Waals surface area contributed by atoms with Gasteiger partial charge in [-0.2, -0.15) is 0 Å². The predicted molar refractivity (Wildman–Crippen MR) is 157 cm³/mol. The Morgan fingerprint density at radius 1 is 0.872 bits per heavy atom. The molecule has 0 spiro atoms. The first-order valence-electron chi connectivity index (χ1n) is 12.5. The first-order valence-corrected chi connectivity index (χ1v) is 14.7. The van der Waals surface area contributed by atoms with Crippen molar-refractivity contribution < 1.29 is 18.0 Å². The van der Waals surface area contributed by atoms with E-state index in [4.69, 9.17) is 23.2 Å². The normalized spacial score (nSPS) is 12.2. The zero-order valence-corrected chi connectivity index (χ0v) is 24.9. The molecule has 0 saturated heterocycles. The Morgan fingerprint density at radius 2 is 1.44 bits per heavy atom. The minimum Gasteiger partial charge on any atom is -0.352 e. The highest BCUT2D eigenvalue weighted by Gasteiger charge is 2.33. The Kier molecular flexibility index (Phi) is 10.0. The second kappa shape index (κ2) is 12.9. The molecule has 0 saturated carbocycles. The van der Waals surface area contributed by atoms with Crippen LogP contribution in [0.1, 0.15) is 37.5 Å². The van der Waals surface area contributed by atoms with Crippen LogP contribution in [0.3, 0.4) is 0 Å². The summed E-state index contributed by atoms with van der Waals surface area (Å²) >= 11 is 12.4. The Hall–Kier alpha value is -3.07. The smallest absolute Gasteiger partial charge is 0.264 e. The van der Waals surface area contributed by atoms with E-state index < -0.39 is 28.5 Å². The van der Waals surface area contributed by atoms with E-state index in [1.54, 1.807) is 61.5 Å². The van der Waals surface area contributed by atoms with Gasteiger partial charge in [-0.25, -0.2) is 8.42 Å². The summed E-state index contributed by atoms with van der Waals surface area (Å²) in [5, 5.41) is 3.59. The summed E-state index contributed by atoms with van der Waals surface area (Å²) in [7, 11) is -4.12. The van der Waals surface area contributed by atoms with Crippen LogP contribution in [-0.2, 0) is 26.2 Å². The fourth-order valence-corrected chi connectivity index (χ4v) is 5.78. The molecule has 3 rings (SSSR count). The summed E-state index contributed by atoms with van der Waals surface area (Å²) in [5.41, 5.74) is 2.75. The third kappa shape index (κ3) is 7.75. The lowest BCUT2D eigenvalue weighted by atomic mass is 10.1. The number of halogens is 2. The Labute approximate surface area is 240 Å². The Morgan fingerprint density at radius 3 is 1.97 bits per heavy atom. The highest BCUT2D eigenvalue weighted by Crippen LogP contribution is 2.27. The number of rotatable bonds is 10. The predicted octanol–water partition coefficient (Wildman–Crippen LogP) is 5.75. The van der Waals surface area contributed by atoms with Crippen molar-refractivity contribution in [1.82, 2.24) is 10.2 Å². The number of hydrogen-bond acceptors (Lipinski definition) is 4. The van der Waals surface area contributed by atoms with Gasteiger partial charge in [0.1, 0.15) is 12.6 Å². The van der Waals surface area contributed by atoms with Crippen LogP contribution in [-0.4, -0.2) is 43.8 Å². The lowest BCUT2D eigenvalue weighted by Gasteiger charge is -2.32. The molecular weight excluding hydrogens is 557 g/mol. The minimum atomic E-state index is -4.12. The molecule has 0 aliphatic rings. The van der Waals surface area contributed by atoms with Crippen molar-refractivity contribution in [2.45, 2.75) is 58.1 Å². The van der Waals surface area contributed by atoms with E-state index in [-0.39, 0.29) is 23.4 Å². The molecule has 0 radical (unpaired) electrons. The van der Waals surface area contributed by atoms with E-state index in [9.17, 15) is 18.0 Å². The number of sulfonamides is 1. The van der Waals surface area contributed by atoms with Crippen LogP contribution in [0, 0.1) is 13.8 Å². The average Bonchev–Trinajstić information content (AvgIpc) is 2.86. The monoisotopic (exact) mass is 589 g/mol. The topological polar surface area (TPSA) is 86.8 Å². The van der Waals surface area contributed by atoms with Gasteiger partial charge in [-0.15, -0.1) is 0 Å². The fourth-order valence-electron chi connectivity index (χ4n) is 3.90. The third-order valence-corrected chi connectivity index (χ3v) is 8.54. The molecule has 0 aromatic heterocycles. The van der Waals surface area contributed by atoms with Crippen molar-refractivity contribution >= 4 is 50.7 Å². The van der Waals surface area contributed by atoms with Gasteiger partial charge in [0.2, 0.25) is 11.8 Å². The standard InChI is InChI=1S/C29H33Cl2N3O4S/c1-19(2)32-29(36)22(5)33(17-23-10-11-24(30)16-27(23)31)28(35)18-34(25-12-6-20(3)7-13-25)39(37,38)26-14-8-21(4)9-15-26/h6-16,19,22H,17-18H2,1-5H3,(H,32,36)/t22-/m0/s1. The van der Waals surface area contributed by atoms with E-state index in [0.29, 0.717) is 21.3 Å². The molecule has 1 N–H and O–H groups in total. The number of nitrogens with one attached hydrogen (secondary N) is 1. The average molecular weight is 591 g/mol. The molecule has 0 heterocycles. The zero-order chi connectivity index (χ0) is 28.9. The molecule has 0 aliphatic heterocycles. The van der Waals surface area contributed by atoms with Crippen LogP contribution in [0.15, 0.2) is 71.6 Å². The summed E-state index contributed by atoms with van der Waals surface area (Å²) in [5.74, 6) is -0.935. The fraction of sp³-hybridized carbons (Fsp3) is 0.310. The first kappa shape index (κ1) is 30.5. The van der Waals surface area contributed by atoms with Crippen molar-refractivity contribution in [3.05, 3.63) is 93.5 Å². The van der Waals surface area contributed by atoms with Gasteiger partial charge in [-0.05, 0) is 76.6 Å². The molecule has 208 valence electrons.